The van der Waals surface area contributed by atoms with Crippen LogP contribution in [-0.2, 0) is 14.4 Å². The van der Waals surface area contributed by atoms with Gasteiger partial charge in [0.2, 0.25) is 5.91 Å². The van der Waals surface area contributed by atoms with Crippen LogP contribution in [0, 0.1) is 11.3 Å². The minimum atomic E-state index is -0.932. The number of carbonyl (C=O) groups excluding carboxylic acids is 2. The molecule has 11 heteroatoms. The minimum Gasteiger partial charge on any atom is -0.481 e. The molecule has 2 amide bonds. The van der Waals surface area contributed by atoms with Gasteiger partial charge in [0.25, 0.3) is 5.91 Å². The van der Waals surface area contributed by atoms with Gasteiger partial charge in [0.1, 0.15) is 0 Å². The van der Waals surface area contributed by atoms with Crippen molar-refractivity contribution in [1.82, 2.24) is 10.2 Å². The van der Waals surface area contributed by atoms with E-state index in [-0.39, 0.29) is 51.1 Å². The van der Waals surface area contributed by atoms with E-state index in [0.717, 1.165) is 31.0 Å². The molecule has 1 aliphatic heterocycles. The lowest BCUT2D eigenvalue weighted by atomic mass is 9.80. The highest BCUT2D eigenvalue weighted by molar-refractivity contribution is 8.00. The number of aliphatic carboxylic acids is 1. The third kappa shape index (κ3) is 6.12. The van der Waals surface area contributed by atoms with Gasteiger partial charge in [-0.05, 0) is 30.9 Å². The highest BCUT2D eigenvalue weighted by Crippen LogP contribution is 2.48. The molecule has 31 heavy (non-hydrogen) atoms. The van der Waals surface area contributed by atoms with Crippen LogP contribution in [0.5, 0.6) is 5.75 Å². The van der Waals surface area contributed by atoms with Crippen molar-refractivity contribution < 1.29 is 24.2 Å². The standard InChI is InChI=1S/C20H23Cl3N2O5S/c21-13-4-14(22)19(15(23)5-13)30-7-16(26)24-10-20-3-1-2-12(20)6-25(11-20)17(27)8-31-9-18(28)29/h4-5,12H,1-3,6-11H2,(H,24,26)(H,28,29)/t12-,20-/m0/s1. The van der Waals surface area contributed by atoms with E-state index in [1.165, 1.54) is 12.1 Å². The van der Waals surface area contributed by atoms with Crippen molar-refractivity contribution in [2.75, 3.05) is 37.7 Å². The van der Waals surface area contributed by atoms with Crippen molar-refractivity contribution in [2.24, 2.45) is 11.3 Å². The zero-order chi connectivity index (χ0) is 22.6. The monoisotopic (exact) mass is 508 g/mol. The molecule has 0 spiro atoms. The van der Waals surface area contributed by atoms with Crippen molar-refractivity contribution >= 4 is 64.3 Å². The summed E-state index contributed by atoms with van der Waals surface area (Å²) in [7, 11) is 0. The molecule has 2 N–H and O–H groups in total. The fourth-order valence-corrected chi connectivity index (χ4v) is 5.90. The highest BCUT2D eigenvalue weighted by atomic mass is 35.5. The van der Waals surface area contributed by atoms with E-state index >= 15 is 0 Å². The summed E-state index contributed by atoms with van der Waals surface area (Å²) >= 11 is 19.1. The number of nitrogens with zero attached hydrogens (tertiary/aromatic N) is 1. The molecule has 0 aromatic heterocycles. The Kier molecular flexibility index (Phi) is 8.24. The number of hydrogen-bond acceptors (Lipinski definition) is 5. The van der Waals surface area contributed by atoms with Gasteiger partial charge in [0, 0.05) is 30.1 Å². The SMILES string of the molecule is O=C(O)CSCC(=O)N1C[C@@H]2CCC[C@]2(CNC(=O)COc2c(Cl)cc(Cl)cc2Cl)C1. The van der Waals surface area contributed by atoms with Crippen molar-refractivity contribution in [1.29, 1.82) is 0 Å². The topological polar surface area (TPSA) is 95.9 Å². The molecule has 1 aromatic rings. The third-order valence-corrected chi connectivity index (χ3v) is 7.47. The van der Waals surface area contributed by atoms with E-state index in [9.17, 15) is 14.4 Å². The normalized spacial score (nSPS) is 22.3. The fraction of sp³-hybridized carbons (Fsp3) is 0.550. The zero-order valence-corrected chi connectivity index (χ0v) is 19.7. The smallest absolute Gasteiger partial charge is 0.313 e. The van der Waals surface area contributed by atoms with Crippen molar-refractivity contribution in [3.63, 3.8) is 0 Å². The van der Waals surface area contributed by atoms with Gasteiger partial charge < -0.3 is 20.1 Å². The predicted octanol–water partition coefficient (Wildman–Crippen LogP) is 3.59. The average Bonchev–Trinajstić information content (AvgIpc) is 3.22. The maximum absolute atomic E-state index is 12.5. The molecule has 7 nitrogen and oxygen atoms in total. The van der Waals surface area contributed by atoms with Crippen LogP contribution in [0.25, 0.3) is 0 Å². The number of fused-ring (bicyclic) bond motifs is 1. The van der Waals surface area contributed by atoms with E-state index in [2.05, 4.69) is 5.32 Å². The molecule has 2 fully saturated rings. The maximum Gasteiger partial charge on any atom is 0.313 e. The minimum absolute atomic E-state index is 0.0540. The summed E-state index contributed by atoms with van der Waals surface area (Å²) in [5.41, 5.74) is -0.154. The van der Waals surface area contributed by atoms with Crippen LogP contribution in [0.4, 0.5) is 0 Å². The predicted molar refractivity (Wildman–Crippen MR) is 121 cm³/mol. The fourth-order valence-electron chi connectivity index (χ4n) is 4.34. The molecule has 0 radical (unpaired) electrons. The number of thioether (sulfide) groups is 1. The summed E-state index contributed by atoms with van der Waals surface area (Å²) < 4.78 is 5.48. The van der Waals surface area contributed by atoms with Gasteiger partial charge in [0.05, 0.1) is 21.6 Å². The second-order valence-corrected chi connectivity index (χ2v) is 10.1. The van der Waals surface area contributed by atoms with Crippen LogP contribution in [0.3, 0.4) is 0 Å². The van der Waals surface area contributed by atoms with Gasteiger partial charge >= 0.3 is 5.97 Å². The first-order valence-corrected chi connectivity index (χ1v) is 12.1. The Bertz CT molecular complexity index is 848. The largest absolute Gasteiger partial charge is 0.481 e. The van der Waals surface area contributed by atoms with Gasteiger partial charge in [-0.2, -0.15) is 0 Å². The van der Waals surface area contributed by atoms with Gasteiger partial charge in [-0.15, -0.1) is 11.8 Å². The first-order chi connectivity index (χ1) is 14.7. The number of benzene rings is 1. The second kappa shape index (κ2) is 10.5. The summed E-state index contributed by atoms with van der Waals surface area (Å²) in [5.74, 6) is -0.702. The number of likely N-dealkylation sites (tertiary alicyclic amines) is 1. The second-order valence-electron chi connectivity index (χ2n) is 7.88. The van der Waals surface area contributed by atoms with Crippen LogP contribution in [-0.4, -0.2) is 65.5 Å². The van der Waals surface area contributed by atoms with Crippen LogP contribution in [0.1, 0.15) is 19.3 Å². The van der Waals surface area contributed by atoms with Crippen molar-refractivity contribution in [3.05, 3.63) is 27.2 Å². The molecule has 1 heterocycles. The highest BCUT2D eigenvalue weighted by Gasteiger charge is 2.50. The Balaban J connectivity index is 1.51. The number of rotatable bonds is 9. The molecule has 0 bridgehead atoms. The molecule has 2 aliphatic rings. The van der Waals surface area contributed by atoms with Gasteiger partial charge in [-0.3, -0.25) is 14.4 Å². The summed E-state index contributed by atoms with van der Waals surface area (Å²) in [6.45, 7) is 1.43. The molecule has 1 aliphatic carbocycles. The first kappa shape index (κ1) is 24.3. The number of carbonyl (C=O) groups is 3. The lowest BCUT2D eigenvalue weighted by Crippen LogP contribution is -2.43. The Morgan fingerprint density at radius 1 is 1.23 bits per heavy atom. The summed E-state index contributed by atoms with van der Waals surface area (Å²) in [5, 5.41) is 12.5. The van der Waals surface area contributed by atoms with Crippen molar-refractivity contribution in [3.8, 4) is 5.75 Å². The summed E-state index contributed by atoms with van der Waals surface area (Å²) in [6, 6.07) is 2.98. The quantitative estimate of drug-likeness (QED) is 0.528. The Morgan fingerprint density at radius 2 is 1.94 bits per heavy atom. The molecule has 1 saturated carbocycles. The molecule has 0 unspecified atom stereocenters. The number of ether oxygens (including phenoxy) is 1. The van der Waals surface area contributed by atoms with E-state index in [0.29, 0.717) is 30.6 Å². The average molecular weight is 510 g/mol. The Labute approximate surface area is 199 Å². The van der Waals surface area contributed by atoms with Crippen LogP contribution < -0.4 is 10.1 Å². The van der Waals surface area contributed by atoms with Gasteiger partial charge in [-0.25, -0.2) is 0 Å². The Hall–Kier alpha value is -1.35. The third-order valence-electron chi connectivity index (χ3n) is 5.79. The van der Waals surface area contributed by atoms with Gasteiger partial charge in [0.15, 0.2) is 12.4 Å². The molecule has 2 atom stereocenters. The number of amides is 2. The zero-order valence-electron chi connectivity index (χ0n) is 16.7. The Morgan fingerprint density at radius 3 is 2.61 bits per heavy atom. The van der Waals surface area contributed by atoms with E-state index in [1.807, 2.05) is 0 Å². The molecule has 1 aromatic carbocycles. The lowest BCUT2D eigenvalue weighted by molar-refractivity contribution is -0.134. The van der Waals surface area contributed by atoms with E-state index < -0.39 is 5.97 Å². The van der Waals surface area contributed by atoms with Gasteiger partial charge in [-0.1, -0.05) is 41.2 Å². The number of carboxylic acids is 1. The number of nitrogens with one attached hydrogen (secondary N) is 1. The summed E-state index contributed by atoms with van der Waals surface area (Å²) in [6.07, 6.45) is 3.00. The molecular formula is C20H23Cl3N2O5S. The molecular weight excluding hydrogens is 487 g/mol. The van der Waals surface area contributed by atoms with Crippen LogP contribution >= 0.6 is 46.6 Å². The number of halogens is 3. The number of carboxylic acid groups (broad SMARTS) is 1. The first-order valence-electron chi connectivity index (χ1n) is 9.81. The van der Waals surface area contributed by atoms with Crippen molar-refractivity contribution in [2.45, 2.75) is 19.3 Å². The molecule has 170 valence electrons. The number of hydrogen-bond donors (Lipinski definition) is 2. The molecule has 1 saturated heterocycles. The summed E-state index contributed by atoms with van der Waals surface area (Å²) in [4.78, 5) is 37.3. The molecule has 3 rings (SSSR count). The van der Waals surface area contributed by atoms with Crippen LogP contribution in [0.2, 0.25) is 15.1 Å². The maximum atomic E-state index is 12.5. The van der Waals surface area contributed by atoms with E-state index in [1.54, 1.807) is 4.90 Å². The lowest BCUT2D eigenvalue weighted by Gasteiger charge is -2.29. The van der Waals surface area contributed by atoms with E-state index in [4.69, 9.17) is 44.6 Å². The van der Waals surface area contributed by atoms with Crippen LogP contribution in [0.15, 0.2) is 12.1 Å².